The molecule has 2 heterocycles. The maximum atomic E-state index is 5.87. The maximum Gasteiger partial charge on any atom is 0.194 e. The number of aryl methyl sites for hydroxylation is 2. The first-order valence-electron chi connectivity index (χ1n) is 10.5. The molecule has 0 aliphatic carbocycles. The number of halogens is 1. The van der Waals surface area contributed by atoms with Gasteiger partial charge in [0.25, 0.3) is 0 Å². The summed E-state index contributed by atoms with van der Waals surface area (Å²) in [6.45, 7) is 13.2. The number of piperazine rings is 1. The Morgan fingerprint density at radius 3 is 2.63 bits per heavy atom. The van der Waals surface area contributed by atoms with E-state index in [0.29, 0.717) is 6.61 Å². The van der Waals surface area contributed by atoms with Crippen LogP contribution in [0.15, 0.2) is 39.8 Å². The van der Waals surface area contributed by atoms with Crippen molar-refractivity contribution in [3.63, 3.8) is 0 Å². The second kappa shape index (κ2) is 12.8. The molecule has 0 saturated carbocycles. The van der Waals surface area contributed by atoms with E-state index in [1.807, 2.05) is 31.2 Å². The Morgan fingerprint density at radius 1 is 1.20 bits per heavy atom. The predicted octanol–water partition coefficient (Wildman–Crippen LogP) is 3.46. The fourth-order valence-electron chi connectivity index (χ4n) is 3.42. The monoisotopic (exact) mass is 527 g/mol. The summed E-state index contributed by atoms with van der Waals surface area (Å²) in [7, 11) is 0. The van der Waals surface area contributed by atoms with Crippen molar-refractivity contribution >= 4 is 29.9 Å². The van der Waals surface area contributed by atoms with Gasteiger partial charge < -0.3 is 19.5 Å². The molecular formula is C22H34IN5O2. The molecule has 0 bridgehead atoms. The summed E-state index contributed by atoms with van der Waals surface area (Å²) in [4.78, 5) is 9.56. The van der Waals surface area contributed by atoms with Gasteiger partial charge in [0.15, 0.2) is 5.96 Å². The number of nitrogens with one attached hydrogen (secondary N) is 1. The molecule has 1 fully saturated rings. The lowest BCUT2D eigenvalue weighted by atomic mass is 10.2. The molecule has 2 aromatic rings. The summed E-state index contributed by atoms with van der Waals surface area (Å²) in [6.07, 6.45) is 0.898. The van der Waals surface area contributed by atoms with Gasteiger partial charge in [-0.1, -0.05) is 23.4 Å². The van der Waals surface area contributed by atoms with E-state index in [4.69, 9.17) is 14.3 Å². The van der Waals surface area contributed by atoms with Gasteiger partial charge in [0, 0.05) is 58.3 Å². The Labute approximate surface area is 196 Å². The van der Waals surface area contributed by atoms with Gasteiger partial charge in [-0.3, -0.25) is 9.89 Å². The van der Waals surface area contributed by atoms with Crippen molar-refractivity contribution < 1.29 is 9.26 Å². The van der Waals surface area contributed by atoms with Crippen LogP contribution in [-0.4, -0.2) is 66.8 Å². The number of aromatic nitrogens is 1. The molecule has 7 nitrogen and oxygen atoms in total. The maximum absolute atomic E-state index is 5.87. The van der Waals surface area contributed by atoms with Crippen LogP contribution in [0.1, 0.15) is 30.4 Å². The summed E-state index contributed by atoms with van der Waals surface area (Å²) >= 11 is 0. The number of guanidine groups is 1. The summed E-state index contributed by atoms with van der Waals surface area (Å²) in [5.74, 6) is 2.83. The molecule has 166 valence electrons. The number of nitrogens with zero attached hydrogens (tertiary/aromatic N) is 4. The van der Waals surface area contributed by atoms with Gasteiger partial charge >= 0.3 is 0 Å². The summed E-state index contributed by atoms with van der Waals surface area (Å²) in [6, 6.07) is 10.1. The lowest BCUT2D eigenvalue weighted by Crippen LogP contribution is -2.52. The van der Waals surface area contributed by atoms with Crippen LogP contribution in [0.2, 0.25) is 0 Å². The first-order chi connectivity index (χ1) is 14.2. The molecule has 8 heteroatoms. The molecule has 0 atom stereocenters. The zero-order valence-corrected chi connectivity index (χ0v) is 20.6. The van der Waals surface area contributed by atoms with Crippen molar-refractivity contribution in [2.24, 2.45) is 4.99 Å². The highest BCUT2D eigenvalue weighted by Gasteiger charge is 2.20. The third-order valence-corrected chi connectivity index (χ3v) is 4.98. The SMILES string of the molecule is CCNC(=NCCCOc1ccccc1C)N1CCN(Cc2cc(C)on2)CC1.I. The molecule has 1 N–H and O–H groups in total. The highest BCUT2D eigenvalue weighted by Crippen LogP contribution is 2.16. The zero-order valence-electron chi connectivity index (χ0n) is 18.3. The Hall–Kier alpha value is -1.81. The van der Waals surface area contributed by atoms with E-state index < -0.39 is 0 Å². The van der Waals surface area contributed by atoms with Crippen molar-refractivity contribution in [1.82, 2.24) is 20.3 Å². The molecule has 1 aromatic heterocycles. The molecule has 0 radical (unpaired) electrons. The number of para-hydroxylation sites is 1. The van der Waals surface area contributed by atoms with E-state index >= 15 is 0 Å². The van der Waals surface area contributed by atoms with Crippen LogP contribution in [0, 0.1) is 13.8 Å². The second-order valence-electron chi connectivity index (χ2n) is 7.40. The van der Waals surface area contributed by atoms with Crippen molar-refractivity contribution in [3.8, 4) is 5.75 Å². The topological polar surface area (TPSA) is 66.1 Å². The van der Waals surface area contributed by atoms with E-state index in [1.54, 1.807) is 0 Å². The third kappa shape index (κ3) is 7.46. The van der Waals surface area contributed by atoms with Crippen LogP contribution >= 0.6 is 24.0 Å². The number of rotatable bonds is 8. The molecular weight excluding hydrogens is 493 g/mol. The number of hydrogen-bond donors (Lipinski definition) is 1. The molecule has 1 aromatic carbocycles. The summed E-state index contributed by atoms with van der Waals surface area (Å²) < 4.78 is 11.0. The van der Waals surface area contributed by atoms with Gasteiger partial charge in [-0.15, -0.1) is 24.0 Å². The van der Waals surface area contributed by atoms with Gasteiger partial charge in [-0.05, 0) is 32.4 Å². The lowest BCUT2D eigenvalue weighted by molar-refractivity contribution is 0.169. The minimum atomic E-state index is 0. The highest BCUT2D eigenvalue weighted by atomic mass is 127. The first kappa shape index (κ1) is 24.5. The molecule has 30 heavy (non-hydrogen) atoms. The molecule has 1 saturated heterocycles. The minimum Gasteiger partial charge on any atom is -0.493 e. The van der Waals surface area contributed by atoms with Gasteiger partial charge in [0.05, 0.1) is 12.3 Å². The average Bonchev–Trinajstić information content (AvgIpc) is 3.13. The Balaban J connectivity index is 0.00000320. The van der Waals surface area contributed by atoms with Crippen molar-refractivity contribution in [2.75, 3.05) is 45.9 Å². The number of aliphatic imine (C=N–C) groups is 1. The van der Waals surface area contributed by atoms with E-state index in [2.05, 4.69) is 40.2 Å². The lowest BCUT2D eigenvalue weighted by Gasteiger charge is -2.36. The fraction of sp³-hybridized carbons (Fsp3) is 0.545. The Bertz CT molecular complexity index is 787. The van der Waals surface area contributed by atoms with Crippen molar-refractivity contribution in [2.45, 2.75) is 33.7 Å². The molecule has 1 aliphatic heterocycles. The molecule has 0 amide bonds. The van der Waals surface area contributed by atoms with Crippen LogP contribution in [0.4, 0.5) is 0 Å². The van der Waals surface area contributed by atoms with E-state index in [0.717, 1.165) is 75.4 Å². The predicted molar refractivity (Wildman–Crippen MR) is 131 cm³/mol. The largest absolute Gasteiger partial charge is 0.493 e. The third-order valence-electron chi connectivity index (χ3n) is 4.98. The van der Waals surface area contributed by atoms with Crippen LogP contribution < -0.4 is 10.1 Å². The van der Waals surface area contributed by atoms with Gasteiger partial charge in [0.2, 0.25) is 0 Å². The first-order valence-corrected chi connectivity index (χ1v) is 10.5. The van der Waals surface area contributed by atoms with Gasteiger partial charge in [0.1, 0.15) is 11.5 Å². The number of hydrogen-bond acceptors (Lipinski definition) is 5. The Morgan fingerprint density at radius 2 is 1.97 bits per heavy atom. The number of benzene rings is 1. The summed E-state index contributed by atoms with van der Waals surface area (Å²) in [5, 5.41) is 7.53. The number of ether oxygens (including phenoxy) is 1. The normalized spacial score (nSPS) is 15.0. The van der Waals surface area contributed by atoms with Crippen molar-refractivity contribution in [1.29, 1.82) is 0 Å². The van der Waals surface area contributed by atoms with E-state index in [9.17, 15) is 0 Å². The highest BCUT2D eigenvalue weighted by molar-refractivity contribution is 14.0. The quantitative estimate of drug-likeness (QED) is 0.246. The molecule has 0 spiro atoms. The zero-order chi connectivity index (χ0) is 20.5. The van der Waals surface area contributed by atoms with E-state index in [-0.39, 0.29) is 24.0 Å². The standard InChI is InChI=1S/C22H33N5O2.HI/c1-4-23-22(24-10-7-15-28-21-9-6-5-8-18(21)2)27-13-11-26(12-14-27)17-20-16-19(3)29-25-20;/h5-6,8-9,16H,4,7,10-15,17H2,1-3H3,(H,23,24);1H. The molecule has 1 aliphatic rings. The van der Waals surface area contributed by atoms with Gasteiger partial charge in [-0.25, -0.2) is 0 Å². The van der Waals surface area contributed by atoms with Gasteiger partial charge in [-0.2, -0.15) is 0 Å². The fourth-order valence-corrected chi connectivity index (χ4v) is 3.42. The molecule has 0 unspecified atom stereocenters. The minimum absolute atomic E-state index is 0. The van der Waals surface area contributed by atoms with E-state index in [1.165, 1.54) is 5.56 Å². The Kier molecular flexibility index (Phi) is 10.4. The second-order valence-corrected chi connectivity index (χ2v) is 7.40. The average molecular weight is 527 g/mol. The smallest absolute Gasteiger partial charge is 0.194 e. The van der Waals surface area contributed by atoms with Crippen molar-refractivity contribution in [3.05, 3.63) is 47.3 Å². The van der Waals surface area contributed by atoms with Crippen LogP contribution in [0.25, 0.3) is 0 Å². The summed E-state index contributed by atoms with van der Waals surface area (Å²) in [5.41, 5.74) is 2.17. The van der Waals surface area contributed by atoms with Crippen LogP contribution in [-0.2, 0) is 6.54 Å². The van der Waals surface area contributed by atoms with Crippen LogP contribution in [0.3, 0.4) is 0 Å². The van der Waals surface area contributed by atoms with Crippen LogP contribution in [0.5, 0.6) is 5.75 Å². The molecule has 3 rings (SSSR count).